The lowest BCUT2D eigenvalue weighted by Crippen LogP contribution is -2.46. The van der Waals surface area contributed by atoms with Crippen LogP contribution in [-0.2, 0) is 13.0 Å². The van der Waals surface area contributed by atoms with Gasteiger partial charge in [-0.3, -0.25) is 9.59 Å². The number of halogens is 2. The van der Waals surface area contributed by atoms with Crippen LogP contribution in [0.15, 0.2) is 66.7 Å². The molecule has 3 N–H and O–H groups in total. The molecule has 0 saturated carbocycles. The fourth-order valence-electron chi connectivity index (χ4n) is 5.52. The summed E-state index contributed by atoms with van der Waals surface area (Å²) < 4.78 is 27.6. The van der Waals surface area contributed by atoms with Crippen molar-refractivity contribution >= 4 is 17.9 Å². The van der Waals surface area contributed by atoms with E-state index in [9.17, 15) is 23.5 Å². The number of unbranched alkanes of at least 4 members (excludes halogenated alkanes) is 2. The van der Waals surface area contributed by atoms with Crippen molar-refractivity contribution < 1.29 is 23.5 Å². The van der Waals surface area contributed by atoms with Gasteiger partial charge in [0.2, 0.25) is 0 Å². The zero-order chi connectivity index (χ0) is 33.6. The Morgan fingerprint density at radius 2 is 1.48 bits per heavy atom. The Morgan fingerprint density at radius 3 is 2.09 bits per heavy atom. The van der Waals surface area contributed by atoms with E-state index in [0.29, 0.717) is 29.8 Å². The lowest BCUT2D eigenvalue weighted by molar-refractivity contribution is 0.0554. The van der Waals surface area contributed by atoms with Gasteiger partial charge >= 0.3 is 0 Å². The Labute approximate surface area is 272 Å². The first-order valence-corrected chi connectivity index (χ1v) is 16.4. The first-order valence-electron chi connectivity index (χ1n) is 16.4. The van der Waals surface area contributed by atoms with Gasteiger partial charge < -0.3 is 20.6 Å². The van der Waals surface area contributed by atoms with E-state index in [0.717, 1.165) is 54.9 Å². The van der Waals surface area contributed by atoms with E-state index >= 15 is 0 Å². The molecule has 0 unspecified atom stereocenters. The van der Waals surface area contributed by atoms with Crippen molar-refractivity contribution in [1.82, 2.24) is 9.80 Å². The molecule has 0 aliphatic heterocycles. The van der Waals surface area contributed by atoms with Crippen LogP contribution in [0.4, 0.5) is 8.78 Å². The molecule has 2 amide bonds. The summed E-state index contributed by atoms with van der Waals surface area (Å²) in [4.78, 5) is 30.9. The van der Waals surface area contributed by atoms with E-state index in [2.05, 4.69) is 19.1 Å². The molecule has 3 aromatic rings. The van der Waals surface area contributed by atoms with E-state index in [1.807, 2.05) is 45.0 Å². The van der Waals surface area contributed by atoms with E-state index in [4.69, 9.17) is 5.73 Å². The highest BCUT2D eigenvalue weighted by Gasteiger charge is 2.25. The summed E-state index contributed by atoms with van der Waals surface area (Å²) in [5.74, 6) is -1.93. The van der Waals surface area contributed by atoms with Crippen molar-refractivity contribution in [2.45, 2.75) is 84.9 Å². The number of carbonyl (C=O) groups is 2. The highest BCUT2D eigenvalue weighted by Crippen LogP contribution is 2.19. The topological polar surface area (TPSA) is 86.9 Å². The van der Waals surface area contributed by atoms with Crippen molar-refractivity contribution in [3.8, 4) is 0 Å². The number of benzene rings is 3. The molecule has 0 aromatic heterocycles. The minimum Gasteiger partial charge on any atom is -0.390 e. The summed E-state index contributed by atoms with van der Waals surface area (Å²) in [6.07, 6.45) is 7.87. The molecular weight excluding hydrogens is 584 g/mol. The molecule has 0 saturated heterocycles. The number of amides is 2. The van der Waals surface area contributed by atoms with Gasteiger partial charge in [-0.1, -0.05) is 64.0 Å². The SMILES string of the molecule is CCCCC=Cc1cccc(CN(C[C@@H](O)[C@@H](N)Cc2cc(F)cc(F)c2)C(=O)c2cc(C)cc(C(=O)N(CCC)CCC)c2)c1. The van der Waals surface area contributed by atoms with Crippen LogP contribution in [0.25, 0.3) is 6.08 Å². The van der Waals surface area contributed by atoms with Gasteiger partial charge in [0.1, 0.15) is 11.6 Å². The van der Waals surface area contributed by atoms with Crippen LogP contribution in [0.3, 0.4) is 0 Å². The predicted molar refractivity (Wildman–Crippen MR) is 181 cm³/mol. The third kappa shape index (κ3) is 11.2. The monoisotopic (exact) mass is 633 g/mol. The van der Waals surface area contributed by atoms with Crippen molar-refractivity contribution in [1.29, 1.82) is 0 Å². The van der Waals surface area contributed by atoms with Gasteiger partial charge in [-0.05, 0) is 91.3 Å². The van der Waals surface area contributed by atoms with Crippen LogP contribution >= 0.6 is 0 Å². The quantitative estimate of drug-likeness (QED) is 0.153. The van der Waals surface area contributed by atoms with Gasteiger partial charge in [-0.25, -0.2) is 8.78 Å². The summed E-state index contributed by atoms with van der Waals surface area (Å²) in [6, 6.07) is 15.3. The molecule has 0 bridgehead atoms. The Bertz CT molecular complexity index is 1450. The molecule has 2 atom stereocenters. The summed E-state index contributed by atoms with van der Waals surface area (Å²) in [6.45, 7) is 9.35. The number of rotatable bonds is 17. The number of nitrogens with two attached hydrogens (primary N) is 1. The zero-order valence-electron chi connectivity index (χ0n) is 27.6. The number of hydrogen-bond acceptors (Lipinski definition) is 4. The molecule has 0 aliphatic carbocycles. The fourth-order valence-corrected chi connectivity index (χ4v) is 5.52. The smallest absolute Gasteiger partial charge is 0.254 e. The molecule has 3 aromatic carbocycles. The minimum absolute atomic E-state index is 0.0176. The Hall–Kier alpha value is -3.88. The second-order valence-electron chi connectivity index (χ2n) is 12.1. The van der Waals surface area contributed by atoms with E-state index in [-0.39, 0.29) is 31.3 Å². The average molecular weight is 634 g/mol. The number of aliphatic hydroxyl groups excluding tert-OH is 1. The molecule has 0 radical (unpaired) electrons. The maximum Gasteiger partial charge on any atom is 0.254 e. The van der Waals surface area contributed by atoms with Crippen LogP contribution in [-0.4, -0.2) is 58.5 Å². The zero-order valence-corrected chi connectivity index (χ0v) is 27.6. The molecule has 3 rings (SSSR count). The lowest BCUT2D eigenvalue weighted by atomic mass is 10.00. The number of carbonyl (C=O) groups excluding carboxylic acids is 2. The average Bonchev–Trinajstić information content (AvgIpc) is 3.01. The van der Waals surface area contributed by atoms with Gasteiger partial charge in [0, 0.05) is 49.4 Å². The van der Waals surface area contributed by atoms with E-state index in [1.54, 1.807) is 23.1 Å². The van der Waals surface area contributed by atoms with Gasteiger partial charge in [0.15, 0.2) is 0 Å². The first-order chi connectivity index (χ1) is 22.0. The molecule has 248 valence electrons. The third-order valence-electron chi connectivity index (χ3n) is 7.79. The van der Waals surface area contributed by atoms with Crippen LogP contribution < -0.4 is 5.73 Å². The van der Waals surface area contributed by atoms with Crippen molar-refractivity contribution in [3.05, 3.63) is 112 Å². The second kappa shape index (κ2) is 18.3. The van der Waals surface area contributed by atoms with Crippen molar-refractivity contribution in [3.63, 3.8) is 0 Å². The second-order valence-corrected chi connectivity index (χ2v) is 12.1. The number of aryl methyl sites for hydroxylation is 1. The summed E-state index contributed by atoms with van der Waals surface area (Å²) >= 11 is 0. The predicted octanol–water partition coefficient (Wildman–Crippen LogP) is 7.31. The largest absolute Gasteiger partial charge is 0.390 e. The summed E-state index contributed by atoms with van der Waals surface area (Å²) in [5, 5.41) is 11.2. The van der Waals surface area contributed by atoms with E-state index in [1.165, 1.54) is 17.0 Å². The standard InChI is InChI=1S/C38H49F2N3O3/c1-5-8-9-10-12-28-13-11-14-29(19-28)25-43(26-36(44)35(41)22-30-20-33(39)24-34(40)21-30)38(46)32-18-27(4)17-31(23-32)37(45)42(15-6-2)16-7-3/h10-14,17-21,23-24,35-36,44H,5-9,15-16,22,25-26,41H2,1-4H3/t35-,36+/m0/s1. The Kier molecular flexibility index (Phi) is 14.6. The summed E-state index contributed by atoms with van der Waals surface area (Å²) in [5.41, 5.74) is 10.0. The minimum atomic E-state index is -1.19. The van der Waals surface area contributed by atoms with Crippen LogP contribution in [0.2, 0.25) is 0 Å². The van der Waals surface area contributed by atoms with Crippen LogP contribution in [0.1, 0.15) is 95.8 Å². The van der Waals surface area contributed by atoms with Gasteiger partial charge in [-0.2, -0.15) is 0 Å². The van der Waals surface area contributed by atoms with E-state index < -0.39 is 23.8 Å². The number of aliphatic hydroxyl groups is 1. The summed E-state index contributed by atoms with van der Waals surface area (Å²) in [7, 11) is 0. The molecule has 8 heteroatoms. The highest BCUT2D eigenvalue weighted by molar-refractivity contribution is 6.00. The Morgan fingerprint density at radius 1 is 0.848 bits per heavy atom. The fraction of sp³-hybridized carbons (Fsp3) is 0.421. The van der Waals surface area contributed by atoms with Crippen LogP contribution in [0.5, 0.6) is 0 Å². The van der Waals surface area contributed by atoms with Crippen LogP contribution in [0, 0.1) is 18.6 Å². The lowest BCUT2D eigenvalue weighted by Gasteiger charge is -2.29. The number of hydrogen-bond donors (Lipinski definition) is 2. The number of allylic oxidation sites excluding steroid dienone is 1. The molecule has 6 nitrogen and oxygen atoms in total. The molecule has 0 aliphatic rings. The van der Waals surface area contributed by atoms with Gasteiger partial charge in [0.05, 0.1) is 6.10 Å². The maximum absolute atomic E-state index is 14.2. The first kappa shape index (κ1) is 36.6. The molecular formula is C38H49F2N3O3. The Balaban J connectivity index is 1.92. The molecule has 46 heavy (non-hydrogen) atoms. The molecule has 0 heterocycles. The number of nitrogens with zero attached hydrogens (tertiary/aromatic N) is 2. The molecule has 0 fully saturated rings. The van der Waals surface area contributed by atoms with Crippen molar-refractivity contribution in [2.24, 2.45) is 5.73 Å². The van der Waals surface area contributed by atoms with Crippen molar-refractivity contribution in [2.75, 3.05) is 19.6 Å². The highest BCUT2D eigenvalue weighted by atomic mass is 19.1. The van der Waals surface area contributed by atoms with Gasteiger partial charge in [-0.15, -0.1) is 0 Å². The normalized spacial score (nSPS) is 12.7. The van der Waals surface area contributed by atoms with Gasteiger partial charge in [0.25, 0.3) is 11.8 Å². The third-order valence-corrected chi connectivity index (χ3v) is 7.79. The molecule has 0 spiro atoms. The maximum atomic E-state index is 14.2.